The predicted octanol–water partition coefficient (Wildman–Crippen LogP) is 3.80. The third kappa shape index (κ3) is 3.55. The van der Waals surface area contributed by atoms with Crippen LogP contribution in [-0.2, 0) is 6.54 Å². The lowest BCUT2D eigenvalue weighted by atomic mass is 10.1. The maximum absolute atomic E-state index is 6.07. The third-order valence-electron chi connectivity index (χ3n) is 2.92. The molecule has 5 heteroatoms. The Balaban J connectivity index is 1.82. The molecule has 0 amide bonds. The Morgan fingerprint density at radius 3 is 2.52 bits per heavy atom. The summed E-state index contributed by atoms with van der Waals surface area (Å²) < 4.78 is 0. The van der Waals surface area contributed by atoms with Crippen LogP contribution < -0.4 is 5.32 Å². The minimum absolute atomic E-state index is 0.410. The van der Waals surface area contributed by atoms with Gasteiger partial charge in [0.25, 0.3) is 0 Å². The average Bonchev–Trinajstić information content (AvgIpc) is 2.54. The van der Waals surface area contributed by atoms with Gasteiger partial charge < -0.3 is 5.32 Å². The molecule has 0 aliphatic heterocycles. The van der Waals surface area contributed by atoms with Crippen LogP contribution in [0.15, 0.2) is 60.8 Å². The van der Waals surface area contributed by atoms with Crippen LogP contribution in [0.5, 0.6) is 0 Å². The zero-order valence-electron chi connectivity index (χ0n) is 11.2. The molecule has 0 saturated carbocycles. The van der Waals surface area contributed by atoms with Gasteiger partial charge in [-0.3, -0.25) is 4.98 Å². The van der Waals surface area contributed by atoms with E-state index in [0.717, 1.165) is 17.0 Å². The second kappa shape index (κ2) is 6.33. The van der Waals surface area contributed by atoms with Crippen molar-refractivity contribution in [3.63, 3.8) is 0 Å². The van der Waals surface area contributed by atoms with Crippen LogP contribution in [0.25, 0.3) is 11.3 Å². The quantitative estimate of drug-likeness (QED) is 0.744. The van der Waals surface area contributed by atoms with Crippen molar-refractivity contribution in [1.82, 2.24) is 15.0 Å². The van der Waals surface area contributed by atoms with E-state index in [4.69, 9.17) is 11.6 Å². The number of aromatic nitrogens is 3. The number of nitrogens with zero attached hydrogens (tertiary/aromatic N) is 3. The summed E-state index contributed by atoms with van der Waals surface area (Å²) in [6.45, 7) is 0.551. The van der Waals surface area contributed by atoms with E-state index in [1.165, 1.54) is 0 Å². The van der Waals surface area contributed by atoms with Crippen LogP contribution in [0.2, 0.25) is 5.15 Å². The van der Waals surface area contributed by atoms with Crippen molar-refractivity contribution in [2.45, 2.75) is 6.54 Å². The summed E-state index contributed by atoms with van der Waals surface area (Å²) in [7, 11) is 0. The number of halogens is 1. The van der Waals surface area contributed by atoms with Gasteiger partial charge in [0, 0.05) is 17.8 Å². The first-order chi connectivity index (χ1) is 10.3. The van der Waals surface area contributed by atoms with E-state index in [0.29, 0.717) is 17.6 Å². The van der Waals surface area contributed by atoms with Gasteiger partial charge in [-0.05, 0) is 12.1 Å². The topological polar surface area (TPSA) is 50.7 Å². The van der Waals surface area contributed by atoms with Crippen molar-refractivity contribution in [1.29, 1.82) is 0 Å². The maximum atomic E-state index is 6.07. The van der Waals surface area contributed by atoms with Crippen molar-refractivity contribution in [2.75, 3.05) is 5.32 Å². The molecule has 0 bridgehead atoms. The molecule has 0 fully saturated rings. The third-order valence-corrected chi connectivity index (χ3v) is 3.11. The minimum atomic E-state index is 0.410. The summed E-state index contributed by atoms with van der Waals surface area (Å²) >= 11 is 6.07. The van der Waals surface area contributed by atoms with Crippen LogP contribution >= 0.6 is 11.6 Å². The number of hydrogen-bond donors (Lipinski definition) is 1. The molecule has 4 nitrogen and oxygen atoms in total. The molecule has 0 spiro atoms. The van der Waals surface area contributed by atoms with Crippen molar-refractivity contribution >= 4 is 17.5 Å². The molecule has 0 aliphatic carbocycles. The van der Waals surface area contributed by atoms with Gasteiger partial charge in [0.1, 0.15) is 5.15 Å². The van der Waals surface area contributed by atoms with E-state index in [2.05, 4.69) is 20.3 Å². The fraction of sp³-hybridized carbons (Fsp3) is 0.0625. The zero-order chi connectivity index (χ0) is 14.5. The SMILES string of the molecule is Clc1cc(-c2ccccc2)nc(NCc2ccccn2)n1. The van der Waals surface area contributed by atoms with E-state index >= 15 is 0 Å². The Morgan fingerprint density at radius 2 is 1.76 bits per heavy atom. The molecule has 0 radical (unpaired) electrons. The standard InChI is InChI=1S/C16H13ClN4/c17-15-10-14(12-6-2-1-3-7-12)20-16(21-15)19-11-13-8-4-5-9-18-13/h1-10H,11H2,(H,19,20,21). The fourth-order valence-corrected chi connectivity index (χ4v) is 2.11. The summed E-state index contributed by atoms with van der Waals surface area (Å²) in [6, 6.07) is 17.4. The van der Waals surface area contributed by atoms with Crippen molar-refractivity contribution < 1.29 is 0 Å². The van der Waals surface area contributed by atoms with Gasteiger partial charge >= 0.3 is 0 Å². The lowest BCUT2D eigenvalue weighted by molar-refractivity contribution is 1.00. The molecular weight excluding hydrogens is 284 g/mol. The summed E-state index contributed by atoms with van der Waals surface area (Å²) in [5.74, 6) is 0.493. The Bertz CT molecular complexity index is 717. The Kier molecular flexibility index (Phi) is 4.07. The normalized spacial score (nSPS) is 10.3. The molecular formula is C16H13ClN4. The van der Waals surface area contributed by atoms with E-state index in [9.17, 15) is 0 Å². The Labute approximate surface area is 127 Å². The van der Waals surface area contributed by atoms with Crippen molar-refractivity contribution in [3.05, 3.63) is 71.6 Å². The van der Waals surface area contributed by atoms with Gasteiger partial charge in [-0.1, -0.05) is 48.0 Å². The lowest BCUT2D eigenvalue weighted by Crippen LogP contribution is -2.05. The average molecular weight is 297 g/mol. The van der Waals surface area contributed by atoms with Gasteiger partial charge in [-0.15, -0.1) is 0 Å². The maximum Gasteiger partial charge on any atom is 0.224 e. The van der Waals surface area contributed by atoms with Crippen molar-refractivity contribution in [3.8, 4) is 11.3 Å². The first-order valence-electron chi connectivity index (χ1n) is 6.55. The second-order valence-electron chi connectivity index (χ2n) is 4.44. The number of benzene rings is 1. The number of anilines is 1. The highest BCUT2D eigenvalue weighted by Crippen LogP contribution is 2.21. The van der Waals surface area contributed by atoms with Crippen molar-refractivity contribution in [2.24, 2.45) is 0 Å². The molecule has 2 aromatic heterocycles. The molecule has 104 valence electrons. The highest BCUT2D eigenvalue weighted by molar-refractivity contribution is 6.29. The van der Waals surface area contributed by atoms with Crippen LogP contribution in [0.3, 0.4) is 0 Å². The highest BCUT2D eigenvalue weighted by atomic mass is 35.5. The number of hydrogen-bond acceptors (Lipinski definition) is 4. The van der Waals surface area contributed by atoms with Crippen LogP contribution in [0.1, 0.15) is 5.69 Å². The predicted molar refractivity (Wildman–Crippen MR) is 84.0 cm³/mol. The van der Waals surface area contributed by atoms with Gasteiger partial charge in [0.15, 0.2) is 0 Å². The molecule has 3 rings (SSSR count). The van der Waals surface area contributed by atoms with Crippen LogP contribution in [0, 0.1) is 0 Å². The molecule has 1 N–H and O–H groups in total. The molecule has 0 aliphatic rings. The van der Waals surface area contributed by atoms with Crippen LogP contribution in [-0.4, -0.2) is 15.0 Å². The lowest BCUT2D eigenvalue weighted by Gasteiger charge is -2.07. The number of nitrogens with one attached hydrogen (secondary N) is 1. The van der Waals surface area contributed by atoms with Crippen LogP contribution in [0.4, 0.5) is 5.95 Å². The smallest absolute Gasteiger partial charge is 0.224 e. The summed E-state index contributed by atoms with van der Waals surface area (Å²) in [5.41, 5.74) is 2.71. The van der Waals surface area contributed by atoms with E-state index in [-0.39, 0.29) is 0 Å². The first-order valence-corrected chi connectivity index (χ1v) is 6.93. The highest BCUT2D eigenvalue weighted by Gasteiger charge is 2.05. The first kappa shape index (κ1) is 13.5. The van der Waals surface area contributed by atoms with Gasteiger partial charge in [-0.2, -0.15) is 0 Å². The van der Waals surface area contributed by atoms with E-state index in [1.807, 2.05) is 48.5 Å². The number of pyridine rings is 1. The largest absolute Gasteiger partial charge is 0.349 e. The Hall–Kier alpha value is -2.46. The molecule has 0 atom stereocenters. The summed E-state index contributed by atoms with van der Waals surface area (Å²) in [4.78, 5) is 12.9. The second-order valence-corrected chi connectivity index (χ2v) is 4.83. The fourth-order valence-electron chi connectivity index (χ4n) is 1.93. The monoisotopic (exact) mass is 296 g/mol. The molecule has 1 aromatic carbocycles. The number of rotatable bonds is 4. The summed E-state index contributed by atoms with van der Waals surface area (Å²) in [5, 5.41) is 3.55. The molecule has 3 aromatic rings. The van der Waals surface area contributed by atoms with E-state index < -0.39 is 0 Å². The summed E-state index contributed by atoms with van der Waals surface area (Å²) in [6.07, 6.45) is 1.76. The minimum Gasteiger partial charge on any atom is -0.349 e. The van der Waals surface area contributed by atoms with Gasteiger partial charge in [-0.25, -0.2) is 9.97 Å². The zero-order valence-corrected chi connectivity index (χ0v) is 12.0. The molecule has 21 heavy (non-hydrogen) atoms. The molecule has 0 unspecified atom stereocenters. The molecule has 2 heterocycles. The van der Waals surface area contributed by atoms with Gasteiger partial charge in [0.05, 0.1) is 17.9 Å². The molecule has 0 saturated heterocycles. The van der Waals surface area contributed by atoms with Gasteiger partial charge in [0.2, 0.25) is 5.95 Å². The Morgan fingerprint density at radius 1 is 0.952 bits per heavy atom. The van der Waals surface area contributed by atoms with E-state index in [1.54, 1.807) is 12.3 Å².